The average Bonchev–Trinajstić information content (AvgIpc) is 3.16. The minimum atomic E-state index is -0.301. The summed E-state index contributed by atoms with van der Waals surface area (Å²) in [6.45, 7) is 1.71. The number of amides is 2. The van der Waals surface area contributed by atoms with Gasteiger partial charge in [0.05, 0.1) is 19.2 Å². The molecule has 7 nitrogen and oxygen atoms in total. The second-order valence-corrected chi connectivity index (χ2v) is 7.44. The number of ether oxygens (including phenoxy) is 2. The first kappa shape index (κ1) is 19.2. The molecule has 152 valence electrons. The Balaban J connectivity index is 1.33. The van der Waals surface area contributed by atoms with Gasteiger partial charge in [0.2, 0.25) is 11.8 Å². The van der Waals surface area contributed by atoms with E-state index >= 15 is 0 Å². The summed E-state index contributed by atoms with van der Waals surface area (Å²) in [4.78, 5) is 33.1. The number of hydrogen-bond donors (Lipinski definition) is 0. The third-order valence-electron chi connectivity index (χ3n) is 5.53. The van der Waals surface area contributed by atoms with Gasteiger partial charge in [0.15, 0.2) is 0 Å². The van der Waals surface area contributed by atoms with Crippen molar-refractivity contribution in [1.29, 1.82) is 0 Å². The smallest absolute Gasteiger partial charge is 0.228 e. The van der Waals surface area contributed by atoms with Crippen molar-refractivity contribution in [3.63, 3.8) is 0 Å². The highest BCUT2D eigenvalue weighted by molar-refractivity contribution is 6.00. The maximum Gasteiger partial charge on any atom is 0.228 e. The fourth-order valence-corrected chi connectivity index (χ4v) is 3.96. The molecular weight excluding hydrogens is 370 g/mol. The Hall–Kier alpha value is -3.09. The quantitative estimate of drug-likeness (QED) is 0.778. The molecule has 0 radical (unpaired) electrons. The van der Waals surface area contributed by atoms with Crippen LogP contribution >= 0.6 is 0 Å². The largest absolute Gasteiger partial charge is 0.497 e. The minimum Gasteiger partial charge on any atom is -0.497 e. The van der Waals surface area contributed by atoms with Gasteiger partial charge >= 0.3 is 0 Å². The number of carbonyl (C=O) groups is 2. The predicted molar refractivity (Wildman–Crippen MR) is 108 cm³/mol. The lowest BCUT2D eigenvalue weighted by Crippen LogP contribution is -2.44. The molecule has 2 aliphatic heterocycles. The monoisotopic (exact) mass is 395 g/mol. The van der Waals surface area contributed by atoms with Gasteiger partial charge in [-0.2, -0.15) is 0 Å². The molecule has 2 saturated heterocycles. The molecule has 0 N–H and O–H groups in total. The van der Waals surface area contributed by atoms with Crippen LogP contribution in [0.2, 0.25) is 0 Å². The fourth-order valence-electron chi connectivity index (χ4n) is 3.96. The number of hydrogen-bond acceptors (Lipinski definition) is 5. The molecule has 2 aliphatic rings. The van der Waals surface area contributed by atoms with E-state index in [1.54, 1.807) is 24.4 Å². The molecule has 1 aromatic carbocycles. The predicted octanol–water partition coefficient (Wildman–Crippen LogP) is 2.51. The summed E-state index contributed by atoms with van der Waals surface area (Å²) in [6.07, 6.45) is 5.31. The molecule has 1 aromatic heterocycles. The Morgan fingerprint density at radius 2 is 1.93 bits per heavy atom. The van der Waals surface area contributed by atoms with Crippen molar-refractivity contribution < 1.29 is 19.1 Å². The molecule has 29 heavy (non-hydrogen) atoms. The zero-order chi connectivity index (χ0) is 20.2. The topological polar surface area (TPSA) is 72.0 Å². The molecule has 2 fully saturated rings. The van der Waals surface area contributed by atoms with E-state index in [4.69, 9.17) is 9.47 Å². The Kier molecular flexibility index (Phi) is 5.64. The molecule has 3 heterocycles. The van der Waals surface area contributed by atoms with Crippen molar-refractivity contribution in [2.24, 2.45) is 5.92 Å². The molecule has 0 spiro atoms. The molecule has 4 rings (SSSR count). The van der Waals surface area contributed by atoms with Crippen LogP contribution in [-0.4, -0.2) is 54.5 Å². The van der Waals surface area contributed by atoms with Crippen LogP contribution in [0.15, 0.2) is 48.8 Å². The van der Waals surface area contributed by atoms with Crippen LogP contribution in [0.5, 0.6) is 11.5 Å². The summed E-state index contributed by atoms with van der Waals surface area (Å²) in [7, 11) is 1.60. The second kappa shape index (κ2) is 8.51. The highest BCUT2D eigenvalue weighted by Gasteiger charge is 2.38. The van der Waals surface area contributed by atoms with Crippen molar-refractivity contribution in [3.05, 3.63) is 48.8 Å². The molecule has 0 saturated carbocycles. The van der Waals surface area contributed by atoms with Crippen molar-refractivity contribution in [3.8, 4) is 11.5 Å². The summed E-state index contributed by atoms with van der Waals surface area (Å²) < 4.78 is 11.2. The Morgan fingerprint density at radius 3 is 2.66 bits per heavy atom. The summed E-state index contributed by atoms with van der Waals surface area (Å²) in [5.41, 5.74) is 0.772. The summed E-state index contributed by atoms with van der Waals surface area (Å²) in [5, 5.41) is 0. The highest BCUT2D eigenvalue weighted by atomic mass is 16.5. The van der Waals surface area contributed by atoms with E-state index in [1.807, 2.05) is 41.3 Å². The van der Waals surface area contributed by atoms with Gasteiger partial charge in [-0.3, -0.25) is 14.6 Å². The van der Waals surface area contributed by atoms with Gasteiger partial charge in [-0.1, -0.05) is 6.07 Å². The van der Waals surface area contributed by atoms with Crippen molar-refractivity contribution in [2.75, 3.05) is 31.6 Å². The van der Waals surface area contributed by atoms with E-state index in [-0.39, 0.29) is 30.3 Å². The lowest BCUT2D eigenvalue weighted by Gasteiger charge is -2.33. The number of aromatic nitrogens is 1. The summed E-state index contributed by atoms with van der Waals surface area (Å²) >= 11 is 0. The highest BCUT2D eigenvalue weighted by Crippen LogP contribution is 2.29. The third-order valence-corrected chi connectivity index (χ3v) is 5.53. The van der Waals surface area contributed by atoms with Crippen LogP contribution in [0.4, 0.5) is 5.69 Å². The molecular formula is C22H25N3O4. The van der Waals surface area contributed by atoms with Gasteiger partial charge in [0.25, 0.3) is 0 Å². The Labute approximate surface area is 170 Å². The molecule has 0 bridgehead atoms. The molecule has 7 heteroatoms. The van der Waals surface area contributed by atoms with Crippen molar-refractivity contribution >= 4 is 17.5 Å². The SMILES string of the molecule is COc1cccc(N2CC(C(=O)N3CCC(Oc4cccnc4)CC3)CC2=O)c1. The number of nitrogens with zero attached hydrogens (tertiary/aromatic N) is 3. The van der Waals surface area contributed by atoms with E-state index in [2.05, 4.69) is 4.98 Å². The van der Waals surface area contributed by atoms with Crippen LogP contribution in [0.3, 0.4) is 0 Å². The number of piperidine rings is 1. The lowest BCUT2D eigenvalue weighted by molar-refractivity contribution is -0.137. The summed E-state index contributed by atoms with van der Waals surface area (Å²) in [5.74, 6) is 1.19. The number of carbonyl (C=O) groups excluding carboxylic acids is 2. The van der Waals surface area contributed by atoms with Crippen molar-refractivity contribution in [2.45, 2.75) is 25.4 Å². The maximum absolute atomic E-state index is 13.0. The first-order chi connectivity index (χ1) is 14.1. The van der Waals surface area contributed by atoms with Crippen LogP contribution in [0.1, 0.15) is 19.3 Å². The van der Waals surface area contributed by atoms with Gasteiger partial charge in [-0.25, -0.2) is 0 Å². The standard InChI is InChI=1S/C22H25N3O4/c1-28-19-5-2-4-17(13-19)25-15-16(12-21(25)26)22(27)24-10-7-18(8-11-24)29-20-6-3-9-23-14-20/h2-6,9,13-14,16,18H,7-8,10-12,15H2,1H3. The number of anilines is 1. The van der Waals surface area contributed by atoms with E-state index < -0.39 is 0 Å². The van der Waals surface area contributed by atoms with Gasteiger partial charge in [0, 0.05) is 56.8 Å². The molecule has 0 aliphatic carbocycles. The number of benzene rings is 1. The lowest BCUT2D eigenvalue weighted by atomic mass is 10.0. The van der Waals surface area contributed by atoms with E-state index in [0.717, 1.165) is 24.3 Å². The van der Waals surface area contributed by atoms with Crippen LogP contribution in [0, 0.1) is 5.92 Å². The number of likely N-dealkylation sites (tertiary alicyclic amines) is 1. The van der Waals surface area contributed by atoms with Crippen molar-refractivity contribution in [1.82, 2.24) is 9.88 Å². The first-order valence-electron chi connectivity index (χ1n) is 9.94. The molecule has 2 amide bonds. The summed E-state index contributed by atoms with van der Waals surface area (Å²) in [6, 6.07) is 11.1. The van der Waals surface area contributed by atoms with Gasteiger partial charge in [0.1, 0.15) is 17.6 Å². The first-order valence-corrected chi connectivity index (χ1v) is 9.94. The van der Waals surface area contributed by atoms with E-state index in [0.29, 0.717) is 25.4 Å². The van der Waals surface area contributed by atoms with E-state index in [1.165, 1.54) is 0 Å². The van der Waals surface area contributed by atoms with Crippen LogP contribution < -0.4 is 14.4 Å². The van der Waals surface area contributed by atoms with E-state index in [9.17, 15) is 9.59 Å². The van der Waals surface area contributed by atoms with Gasteiger partial charge in [-0.05, 0) is 24.3 Å². The van der Waals surface area contributed by atoms with Crippen LogP contribution in [-0.2, 0) is 9.59 Å². The minimum absolute atomic E-state index is 0.0219. The number of rotatable bonds is 5. The zero-order valence-corrected chi connectivity index (χ0v) is 16.5. The molecule has 1 unspecified atom stereocenters. The van der Waals surface area contributed by atoms with Gasteiger partial charge < -0.3 is 19.3 Å². The Morgan fingerprint density at radius 1 is 1.14 bits per heavy atom. The van der Waals surface area contributed by atoms with Gasteiger partial charge in [-0.15, -0.1) is 0 Å². The maximum atomic E-state index is 13.0. The fraction of sp³-hybridized carbons (Fsp3) is 0.409. The van der Waals surface area contributed by atoms with Crippen LogP contribution in [0.25, 0.3) is 0 Å². The normalized spacial score (nSPS) is 20.0. The molecule has 2 aromatic rings. The third kappa shape index (κ3) is 4.34. The number of methoxy groups -OCH3 is 1. The zero-order valence-electron chi connectivity index (χ0n) is 16.5. The Bertz CT molecular complexity index is 865. The number of pyridine rings is 1. The second-order valence-electron chi connectivity index (χ2n) is 7.44. The average molecular weight is 395 g/mol. The molecule has 1 atom stereocenters.